The van der Waals surface area contributed by atoms with Crippen LogP contribution in [0.4, 0.5) is 0 Å². The summed E-state index contributed by atoms with van der Waals surface area (Å²) in [7, 11) is 3.96. The zero-order chi connectivity index (χ0) is 13.0. The molecule has 0 heterocycles. The highest BCUT2D eigenvalue weighted by Gasteiger charge is 2.07. The Bertz CT molecular complexity index is 550. The second-order valence-electron chi connectivity index (χ2n) is 4.34. The standard InChI is InChI=1S/C14H14B2O2/c15-11-7-5-10(6-8-11)13(17)9-18-14-4-2-1-3-12(14)16/h1-8H,9,15-16H2. The molecule has 0 atom stereocenters. The number of Topliss-reactive ketones (excluding diaryl/α,β-unsaturated/α-hetero) is 1. The summed E-state index contributed by atoms with van der Waals surface area (Å²) in [6, 6.07) is 15.2. The van der Waals surface area contributed by atoms with E-state index in [2.05, 4.69) is 0 Å². The average Bonchev–Trinajstić information content (AvgIpc) is 2.38. The van der Waals surface area contributed by atoms with Gasteiger partial charge in [-0.3, -0.25) is 4.79 Å². The van der Waals surface area contributed by atoms with Crippen LogP contribution < -0.4 is 15.7 Å². The van der Waals surface area contributed by atoms with Crippen LogP contribution in [0.25, 0.3) is 0 Å². The van der Waals surface area contributed by atoms with E-state index in [-0.39, 0.29) is 12.4 Å². The van der Waals surface area contributed by atoms with Crippen molar-refractivity contribution in [3.05, 3.63) is 54.1 Å². The zero-order valence-electron chi connectivity index (χ0n) is 10.6. The molecule has 4 heteroatoms. The van der Waals surface area contributed by atoms with Crippen molar-refractivity contribution in [3.63, 3.8) is 0 Å². The second kappa shape index (κ2) is 5.58. The fraction of sp³-hybridized carbons (Fsp3) is 0.0714. The summed E-state index contributed by atoms with van der Waals surface area (Å²) in [4.78, 5) is 11.9. The van der Waals surface area contributed by atoms with Crippen molar-refractivity contribution in [1.82, 2.24) is 0 Å². The van der Waals surface area contributed by atoms with E-state index in [1.54, 1.807) is 0 Å². The predicted octanol–water partition coefficient (Wildman–Crippen LogP) is -0.535. The summed E-state index contributed by atoms with van der Waals surface area (Å²) in [6.07, 6.45) is 0. The van der Waals surface area contributed by atoms with Gasteiger partial charge in [0.1, 0.15) is 21.4 Å². The molecule has 0 aromatic heterocycles. The maximum Gasteiger partial charge on any atom is 0.200 e. The van der Waals surface area contributed by atoms with Gasteiger partial charge in [-0.2, -0.15) is 0 Å². The quantitative estimate of drug-likeness (QED) is 0.526. The van der Waals surface area contributed by atoms with E-state index in [9.17, 15) is 4.79 Å². The van der Waals surface area contributed by atoms with Gasteiger partial charge in [-0.05, 0) is 11.5 Å². The van der Waals surface area contributed by atoms with Crippen molar-refractivity contribution < 1.29 is 9.53 Å². The first-order chi connectivity index (χ1) is 8.66. The number of rotatable bonds is 4. The lowest BCUT2D eigenvalue weighted by Crippen LogP contribution is -2.16. The first-order valence-corrected chi connectivity index (χ1v) is 5.95. The van der Waals surface area contributed by atoms with Crippen molar-refractivity contribution >= 4 is 32.4 Å². The van der Waals surface area contributed by atoms with Crippen LogP contribution in [0.15, 0.2) is 48.5 Å². The van der Waals surface area contributed by atoms with E-state index in [0.29, 0.717) is 5.56 Å². The molecule has 2 rings (SSSR count). The molecule has 0 amide bonds. The first kappa shape index (κ1) is 12.5. The highest BCUT2D eigenvalue weighted by atomic mass is 16.5. The highest BCUT2D eigenvalue weighted by molar-refractivity contribution is 6.34. The topological polar surface area (TPSA) is 26.3 Å². The lowest BCUT2D eigenvalue weighted by molar-refractivity contribution is 0.0922. The summed E-state index contributed by atoms with van der Waals surface area (Å²) in [6.45, 7) is 0.0773. The van der Waals surface area contributed by atoms with Crippen LogP contribution in [0.3, 0.4) is 0 Å². The lowest BCUT2D eigenvalue weighted by Gasteiger charge is -2.08. The molecule has 0 aliphatic heterocycles. The van der Waals surface area contributed by atoms with Gasteiger partial charge in [-0.1, -0.05) is 47.9 Å². The van der Waals surface area contributed by atoms with E-state index < -0.39 is 0 Å². The second-order valence-corrected chi connectivity index (χ2v) is 4.34. The number of hydrogen-bond donors (Lipinski definition) is 0. The van der Waals surface area contributed by atoms with E-state index >= 15 is 0 Å². The van der Waals surface area contributed by atoms with Crippen LogP contribution in [0.5, 0.6) is 5.75 Å². The van der Waals surface area contributed by atoms with Gasteiger partial charge in [0, 0.05) is 5.56 Å². The van der Waals surface area contributed by atoms with Crippen molar-refractivity contribution in [2.75, 3.05) is 6.61 Å². The Hall–Kier alpha value is -1.96. The maximum atomic E-state index is 11.9. The fourth-order valence-electron chi connectivity index (χ4n) is 1.68. The largest absolute Gasteiger partial charge is 0.486 e. The van der Waals surface area contributed by atoms with Crippen molar-refractivity contribution in [2.45, 2.75) is 0 Å². The molecule has 0 saturated heterocycles. The van der Waals surface area contributed by atoms with Crippen molar-refractivity contribution in [1.29, 1.82) is 0 Å². The molecule has 0 N–H and O–H groups in total. The molecule has 0 aliphatic carbocycles. The van der Waals surface area contributed by atoms with Crippen LogP contribution in [-0.2, 0) is 0 Å². The third kappa shape index (κ3) is 3.04. The summed E-state index contributed by atoms with van der Waals surface area (Å²) >= 11 is 0. The number of para-hydroxylation sites is 1. The van der Waals surface area contributed by atoms with Crippen LogP contribution in [0, 0.1) is 0 Å². The normalized spacial score (nSPS) is 10.0. The van der Waals surface area contributed by atoms with Gasteiger partial charge in [-0.15, -0.1) is 0 Å². The SMILES string of the molecule is Bc1ccc(C(=O)COc2ccccc2B)cc1. The number of carbonyl (C=O) groups is 1. The van der Waals surface area contributed by atoms with Gasteiger partial charge < -0.3 is 4.74 Å². The van der Waals surface area contributed by atoms with Gasteiger partial charge in [0.2, 0.25) is 0 Å². The molecule has 2 aromatic carbocycles. The Kier molecular flexibility index (Phi) is 3.88. The Labute approximate surface area is 109 Å². The van der Waals surface area contributed by atoms with Crippen LogP contribution in [0.1, 0.15) is 10.4 Å². The number of hydrogen-bond acceptors (Lipinski definition) is 2. The molecule has 2 nitrogen and oxygen atoms in total. The highest BCUT2D eigenvalue weighted by Crippen LogP contribution is 2.06. The van der Waals surface area contributed by atoms with Gasteiger partial charge in [0.05, 0.1) is 0 Å². The fourth-order valence-corrected chi connectivity index (χ4v) is 1.68. The van der Waals surface area contributed by atoms with Gasteiger partial charge in [0.15, 0.2) is 12.4 Å². The summed E-state index contributed by atoms with van der Waals surface area (Å²) in [5.41, 5.74) is 2.87. The third-order valence-corrected chi connectivity index (χ3v) is 2.83. The van der Waals surface area contributed by atoms with Gasteiger partial charge in [0.25, 0.3) is 0 Å². The first-order valence-electron chi connectivity index (χ1n) is 5.95. The smallest absolute Gasteiger partial charge is 0.200 e. The zero-order valence-corrected chi connectivity index (χ0v) is 10.6. The van der Waals surface area contributed by atoms with E-state index in [0.717, 1.165) is 16.7 Å². The molecule has 0 radical (unpaired) electrons. The van der Waals surface area contributed by atoms with E-state index in [1.807, 2.05) is 64.2 Å². The molecule has 88 valence electrons. The van der Waals surface area contributed by atoms with Crippen LogP contribution in [0.2, 0.25) is 0 Å². The molecule has 18 heavy (non-hydrogen) atoms. The van der Waals surface area contributed by atoms with E-state index in [1.165, 1.54) is 0 Å². The average molecular weight is 236 g/mol. The van der Waals surface area contributed by atoms with Crippen molar-refractivity contribution in [2.24, 2.45) is 0 Å². The molecule has 0 aliphatic rings. The van der Waals surface area contributed by atoms with Crippen molar-refractivity contribution in [3.8, 4) is 5.75 Å². The minimum atomic E-state index is -0.00162. The van der Waals surface area contributed by atoms with Gasteiger partial charge >= 0.3 is 0 Å². The van der Waals surface area contributed by atoms with E-state index in [4.69, 9.17) is 4.74 Å². The molecular formula is C14H14B2O2. The van der Waals surface area contributed by atoms with Crippen LogP contribution >= 0.6 is 0 Å². The molecule has 2 aromatic rings. The molecule has 0 unspecified atom stereocenters. The molecule has 0 fully saturated rings. The Morgan fingerprint density at radius 1 is 1.00 bits per heavy atom. The minimum absolute atomic E-state index is 0.00162. The monoisotopic (exact) mass is 236 g/mol. The molecular weight excluding hydrogens is 222 g/mol. The molecule has 0 bridgehead atoms. The predicted molar refractivity (Wildman–Crippen MR) is 79.1 cm³/mol. The Morgan fingerprint density at radius 2 is 1.67 bits per heavy atom. The third-order valence-electron chi connectivity index (χ3n) is 2.83. The summed E-state index contributed by atoms with van der Waals surface area (Å²) < 4.78 is 5.53. The number of benzene rings is 2. The summed E-state index contributed by atoms with van der Waals surface area (Å²) in [5.74, 6) is 0.760. The Morgan fingerprint density at radius 3 is 2.33 bits per heavy atom. The maximum absolute atomic E-state index is 11.9. The molecule has 0 spiro atoms. The minimum Gasteiger partial charge on any atom is -0.486 e. The summed E-state index contributed by atoms with van der Waals surface area (Å²) in [5, 5.41) is 0. The number of ketones is 1. The lowest BCUT2D eigenvalue weighted by atomic mass is 9.94. The number of carbonyl (C=O) groups excluding carboxylic acids is 1. The van der Waals surface area contributed by atoms with Gasteiger partial charge in [-0.25, -0.2) is 0 Å². The van der Waals surface area contributed by atoms with Crippen LogP contribution in [-0.4, -0.2) is 28.1 Å². The number of ether oxygens (including phenoxy) is 1. The molecule has 0 saturated carbocycles. The Balaban J connectivity index is 2.01.